The van der Waals surface area contributed by atoms with Crippen molar-refractivity contribution < 1.29 is 37.8 Å². The summed E-state index contributed by atoms with van der Waals surface area (Å²) in [7, 11) is -3.91. The number of aliphatic hydroxyl groups is 4. The van der Waals surface area contributed by atoms with E-state index < -0.39 is 47.4 Å². The molecule has 0 aliphatic carbocycles. The molecule has 0 aromatic heterocycles. The third-order valence-electron chi connectivity index (χ3n) is 2.13. The summed E-state index contributed by atoms with van der Waals surface area (Å²) in [6, 6.07) is 0. The second kappa shape index (κ2) is 4.92. The third kappa shape index (κ3) is 3.10. The van der Waals surface area contributed by atoms with Gasteiger partial charge in [0.15, 0.2) is 6.29 Å². The second-order valence-electron chi connectivity index (χ2n) is 3.49. The largest absolute Gasteiger partial charge is 0.394 e. The standard InChI is InChI=1S/C7H14O8S/c1-16(12,13)15-6-4(9)3(2-8)14-7(11)5(6)10/h3-11H,2H2,1H3/t3-,4+,5+,6-,7-/m0/s1. The Hall–Kier alpha value is -0.290. The molecule has 0 saturated carbocycles. The number of rotatable bonds is 3. The summed E-state index contributed by atoms with van der Waals surface area (Å²) in [5.41, 5.74) is 0. The topological polar surface area (TPSA) is 134 Å². The first kappa shape index (κ1) is 13.8. The highest BCUT2D eigenvalue weighted by Gasteiger charge is 2.46. The molecule has 0 radical (unpaired) electrons. The molecule has 1 fully saturated rings. The van der Waals surface area contributed by atoms with Crippen molar-refractivity contribution in [3.8, 4) is 0 Å². The molecule has 8 nitrogen and oxygen atoms in total. The van der Waals surface area contributed by atoms with E-state index in [2.05, 4.69) is 8.92 Å². The first-order chi connectivity index (χ1) is 7.26. The molecule has 5 atom stereocenters. The summed E-state index contributed by atoms with van der Waals surface area (Å²) in [6.45, 7) is -0.644. The quantitative estimate of drug-likeness (QED) is 0.388. The molecule has 1 saturated heterocycles. The fraction of sp³-hybridized carbons (Fsp3) is 1.00. The van der Waals surface area contributed by atoms with Crippen LogP contribution in [0.1, 0.15) is 0 Å². The van der Waals surface area contributed by atoms with Crippen LogP contribution in [0.3, 0.4) is 0 Å². The number of aliphatic hydroxyl groups excluding tert-OH is 4. The molecule has 1 heterocycles. The summed E-state index contributed by atoms with van der Waals surface area (Å²) < 4.78 is 30.8. The summed E-state index contributed by atoms with van der Waals surface area (Å²) in [6.07, 6.45) is -7.05. The fourth-order valence-electron chi connectivity index (χ4n) is 1.38. The van der Waals surface area contributed by atoms with E-state index in [1.807, 2.05) is 0 Å². The number of ether oxygens (including phenoxy) is 1. The monoisotopic (exact) mass is 258 g/mol. The number of hydrogen-bond donors (Lipinski definition) is 4. The molecule has 0 aromatic rings. The molecule has 1 aliphatic heterocycles. The van der Waals surface area contributed by atoms with Crippen LogP contribution in [0.4, 0.5) is 0 Å². The minimum atomic E-state index is -3.91. The van der Waals surface area contributed by atoms with Crippen LogP contribution in [0.25, 0.3) is 0 Å². The highest BCUT2D eigenvalue weighted by Crippen LogP contribution is 2.23. The van der Waals surface area contributed by atoms with E-state index in [0.717, 1.165) is 6.26 Å². The van der Waals surface area contributed by atoms with Crippen LogP contribution >= 0.6 is 0 Å². The summed E-state index contributed by atoms with van der Waals surface area (Å²) in [4.78, 5) is 0. The van der Waals surface area contributed by atoms with Crippen molar-refractivity contribution in [1.29, 1.82) is 0 Å². The van der Waals surface area contributed by atoms with Gasteiger partial charge in [0, 0.05) is 0 Å². The van der Waals surface area contributed by atoms with Crippen LogP contribution in [-0.4, -0.2) is 72.4 Å². The molecule has 16 heavy (non-hydrogen) atoms. The summed E-state index contributed by atoms with van der Waals surface area (Å²) in [5, 5.41) is 36.9. The predicted molar refractivity (Wildman–Crippen MR) is 49.7 cm³/mol. The van der Waals surface area contributed by atoms with Crippen LogP contribution < -0.4 is 0 Å². The van der Waals surface area contributed by atoms with Gasteiger partial charge in [0.25, 0.3) is 10.1 Å². The highest BCUT2D eigenvalue weighted by atomic mass is 32.2. The van der Waals surface area contributed by atoms with Gasteiger partial charge in [-0.15, -0.1) is 0 Å². The zero-order valence-corrected chi connectivity index (χ0v) is 9.24. The van der Waals surface area contributed by atoms with Crippen LogP contribution in [0.5, 0.6) is 0 Å². The Morgan fingerprint density at radius 2 is 1.81 bits per heavy atom. The van der Waals surface area contributed by atoms with Crippen molar-refractivity contribution >= 4 is 10.1 Å². The summed E-state index contributed by atoms with van der Waals surface area (Å²) >= 11 is 0. The van der Waals surface area contributed by atoms with Crippen LogP contribution in [0.15, 0.2) is 0 Å². The van der Waals surface area contributed by atoms with Crippen molar-refractivity contribution in [2.24, 2.45) is 0 Å². The van der Waals surface area contributed by atoms with E-state index in [1.54, 1.807) is 0 Å². The van der Waals surface area contributed by atoms with Gasteiger partial charge in [-0.05, 0) is 0 Å². The Morgan fingerprint density at radius 3 is 2.25 bits per heavy atom. The molecular formula is C7H14O8S. The lowest BCUT2D eigenvalue weighted by atomic mass is 9.99. The van der Waals surface area contributed by atoms with Gasteiger partial charge < -0.3 is 25.2 Å². The Morgan fingerprint density at radius 1 is 1.25 bits per heavy atom. The molecular weight excluding hydrogens is 244 g/mol. The maximum Gasteiger partial charge on any atom is 0.264 e. The van der Waals surface area contributed by atoms with Gasteiger partial charge in [-0.2, -0.15) is 8.42 Å². The lowest BCUT2D eigenvalue weighted by Crippen LogP contribution is -2.59. The minimum absolute atomic E-state index is 0.644. The van der Waals surface area contributed by atoms with Gasteiger partial charge in [0.05, 0.1) is 12.9 Å². The average molecular weight is 258 g/mol. The van der Waals surface area contributed by atoms with Gasteiger partial charge in [-0.3, -0.25) is 4.18 Å². The predicted octanol–water partition coefficient (Wildman–Crippen LogP) is -3.24. The normalized spacial score (nSPS) is 40.9. The van der Waals surface area contributed by atoms with E-state index in [9.17, 15) is 23.7 Å². The zero-order valence-electron chi connectivity index (χ0n) is 8.42. The van der Waals surface area contributed by atoms with Crippen molar-refractivity contribution in [3.05, 3.63) is 0 Å². The molecule has 0 unspecified atom stereocenters. The first-order valence-electron chi connectivity index (χ1n) is 4.45. The van der Waals surface area contributed by atoms with Crippen molar-refractivity contribution in [1.82, 2.24) is 0 Å². The third-order valence-corrected chi connectivity index (χ3v) is 2.70. The SMILES string of the molecule is CS(=O)(=O)O[C@@H]1[C@@H](O)[C@@H](O)O[C@@H](CO)[C@H]1O. The van der Waals surface area contributed by atoms with Crippen molar-refractivity contribution in [3.63, 3.8) is 0 Å². The fourth-order valence-corrected chi connectivity index (χ4v) is 2.01. The zero-order chi connectivity index (χ0) is 12.5. The van der Waals surface area contributed by atoms with Crippen LogP contribution in [0.2, 0.25) is 0 Å². The average Bonchev–Trinajstić information content (AvgIpc) is 2.17. The smallest absolute Gasteiger partial charge is 0.264 e. The molecule has 0 aromatic carbocycles. The van der Waals surface area contributed by atoms with Gasteiger partial charge in [0.1, 0.15) is 24.4 Å². The summed E-state index contributed by atoms with van der Waals surface area (Å²) in [5.74, 6) is 0. The van der Waals surface area contributed by atoms with E-state index in [-0.39, 0.29) is 0 Å². The van der Waals surface area contributed by atoms with Crippen molar-refractivity contribution in [2.45, 2.75) is 30.7 Å². The second-order valence-corrected chi connectivity index (χ2v) is 5.09. The minimum Gasteiger partial charge on any atom is -0.394 e. The Bertz CT molecular complexity index is 327. The van der Waals surface area contributed by atoms with E-state index in [1.165, 1.54) is 0 Å². The van der Waals surface area contributed by atoms with Crippen LogP contribution in [0, 0.1) is 0 Å². The Kier molecular flexibility index (Phi) is 4.23. The van der Waals surface area contributed by atoms with Gasteiger partial charge in [0.2, 0.25) is 0 Å². The van der Waals surface area contributed by atoms with Crippen molar-refractivity contribution in [2.75, 3.05) is 12.9 Å². The Labute approximate surface area is 92.2 Å². The lowest BCUT2D eigenvalue weighted by molar-refractivity contribution is -0.281. The lowest BCUT2D eigenvalue weighted by Gasteiger charge is -2.39. The van der Waals surface area contributed by atoms with E-state index in [0.29, 0.717) is 0 Å². The molecule has 0 spiro atoms. The number of hydrogen-bond acceptors (Lipinski definition) is 8. The van der Waals surface area contributed by atoms with E-state index >= 15 is 0 Å². The van der Waals surface area contributed by atoms with E-state index in [4.69, 9.17) is 5.11 Å². The first-order valence-corrected chi connectivity index (χ1v) is 6.26. The molecule has 0 bridgehead atoms. The van der Waals surface area contributed by atoms with Crippen LogP contribution in [-0.2, 0) is 19.0 Å². The molecule has 4 N–H and O–H groups in total. The molecule has 1 rings (SSSR count). The highest BCUT2D eigenvalue weighted by molar-refractivity contribution is 7.86. The Balaban J connectivity index is 2.85. The maximum absolute atomic E-state index is 10.9. The molecule has 96 valence electrons. The molecule has 1 aliphatic rings. The molecule has 9 heteroatoms. The maximum atomic E-state index is 10.9. The van der Waals surface area contributed by atoms with Gasteiger partial charge in [-0.1, -0.05) is 0 Å². The molecule has 0 amide bonds. The van der Waals surface area contributed by atoms with Gasteiger partial charge >= 0.3 is 0 Å². The van der Waals surface area contributed by atoms with Gasteiger partial charge in [-0.25, -0.2) is 0 Å².